The van der Waals surface area contributed by atoms with Crippen molar-refractivity contribution in [2.24, 2.45) is 0 Å². The Kier molecular flexibility index (Phi) is 5.76. The van der Waals surface area contributed by atoms with Crippen molar-refractivity contribution in [2.75, 3.05) is 0 Å². The van der Waals surface area contributed by atoms with E-state index in [1.54, 1.807) is 12.1 Å². The predicted octanol–water partition coefficient (Wildman–Crippen LogP) is 13.4. The van der Waals surface area contributed by atoms with Gasteiger partial charge < -0.3 is 4.57 Å². The van der Waals surface area contributed by atoms with Crippen LogP contribution in [0.2, 0.25) is 0 Å². The van der Waals surface area contributed by atoms with E-state index in [0.29, 0.717) is 0 Å². The molecule has 0 fully saturated rings. The number of hydrogen-bond donors (Lipinski definition) is 0. The second-order valence-corrected chi connectivity index (χ2v) is 20.6. The Morgan fingerprint density at radius 3 is 1.51 bits per heavy atom. The van der Waals surface area contributed by atoms with Crippen molar-refractivity contribution in [1.29, 1.82) is 0 Å². The summed E-state index contributed by atoms with van der Waals surface area (Å²) in [6.45, 7) is 0. The van der Waals surface area contributed by atoms with Crippen molar-refractivity contribution >= 4 is 82.1 Å². The Morgan fingerprint density at radius 1 is 0.377 bits per heavy atom. The maximum absolute atomic E-state index is 10.1. The van der Waals surface area contributed by atoms with Gasteiger partial charge in [0.15, 0.2) is 25.5 Å². The molecule has 0 amide bonds. The van der Waals surface area contributed by atoms with Crippen molar-refractivity contribution in [3.05, 3.63) is 254 Å². The summed E-state index contributed by atoms with van der Waals surface area (Å²) >= 11 is 0.727. The zero-order chi connectivity index (χ0) is 65.7. The van der Waals surface area contributed by atoms with E-state index in [9.17, 15) is 13.7 Å². The molecule has 6 heteroatoms. The van der Waals surface area contributed by atoms with Gasteiger partial charge in [0.25, 0.3) is 0 Å². The molecule has 0 atom stereocenters. The predicted molar refractivity (Wildman–Crippen MR) is 292 cm³/mol. The number of benzene rings is 10. The third kappa shape index (κ3) is 6.83. The highest BCUT2D eigenvalue weighted by molar-refractivity contribution is 7.26. The summed E-state index contributed by atoms with van der Waals surface area (Å²) < 4.78 is 212. The number of para-hydroxylation sites is 3. The molecule has 0 saturated heterocycles. The van der Waals surface area contributed by atoms with E-state index in [0.717, 1.165) is 36.7 Å². The molecule has 0 radical (unpaired) electrons. The van der Waals surface area contributed by atoms with E-state index in [2.05, 4.69) is 36.4 Å². The first-order valence-corrected chi connectivity index (χ1v) is 24.3. The average Bonchev–Trinajstić information content (AvgIpc) is 1.50. The lowest BCUT2D eigenvalue weighted by Crippen LogP contribution is -2.74. The van der Waals surface area contributed by atoms with E-state index in [4.69, 9.17) is 32.8 Å². The molecule has 4 nitrogen and oxygen atoms in total. The summed E-state index contributed by atoms with van der Waals surface area (Å²) in [7, 11) is -3.23. The number of nitrogens with zero attached hydrogens (tertiary/aromatic N) is 4. The van der Waals surface area contributed by atoms with Gasteiger partial charge in [-0.05, 0) is 74.2 Å². The molecule has 0 aliphatic carbocycles. The molecule has 0 bridgehead atoms. The van der Waals surface area contributed by atoms with Crippen LogP contribution < -0.4 is 20.7 Å². The molecule has 324 valence electrons. The maximum Gasteiger partial charge on any atom is 0.179 e. The molecule has 0 N–H and O–H groups in total. The van der Waals surface area contributed by atoms with Crippen molar-refractivity contribution in [3.63, 3.8) is 0 Å². The minimum Gasteiger partial charge on any atom is -0.309 e. The number of thiophene rings is 1. The first-order chi connectivity index (χ1) is 43.8. The molecule has 13 aromatic rings. The number of hydrogen-bond acceptors (Lipinski definition) is 4. The summed E-state index contributed by atoms with van der Waals surface area (Å²) in [4.78, 5) is 14.5. The van der Waals surface area contributed by atoms with Crippen LogP contribution in [0.25, 0.3) is 93.0 Å². The second kappa shape index (κ2) is 17.0. The van der Waals surface area contributed by atoms with Crippen LogP contribution in [0.15, 0.2) is 254 Å². The SMILES string of the molecule is [2H]c1c([2H])c(-c2nc(-c3ccc([Si](c4ccccc4)(c4ccccc4)c4ccccc4)cc3)nc(-c3c([2H])c([2H])c([2H])c([2H])c3-n3c4c([2H])c([2H])c([2H])c([2H])c4c4c([2H])c([2H])c([2H])c([2H])c43)n2)c([2H])c(-c2c([2H])c([2H])c([2H])c3sc4c([2H])c([2H])c([2H])c([2H])c4c23)c1[2H]. The quantitative estimate of drug-likeness (QED) is 0.107. The van der Waals surface area contributed by atoms with Crippen molar-refractivity contribution in [3.8, 4) is 51.0 Å². The number of fused-ring (bicyclic) bond motifs is 6. The summed E-state index contributed by atoms with van der Waals surface area (Å²) in [5.41, 5.74) is -3.90. The molecule has 0 aliphatic heterocycles. The molecule has 3 heterocycles. The van der Waals surface area contributed by atoms with Gasteiger partial charge in [-0.25, -0.2) is 15.0 Å². The van der Waals surface area contributed by atoms with Crippen LogP contribution in [0, 0.1) is 0 Å². The van der Waals surface area contributed by atoms with Gasteiger partial charge in [-0.2, -0.15) is 0 Å². The molecule has 0 unspecified atom stereocenters. The van der Waals surface area contributed by atoms with Crippen LogP contribution in [0.5, 0.6) is 0 Å². The molecule has 0 spiro atoms. The van der Waals surface area contributed by atoms with E-state index >= 15 is 0 Å². The largest absolute Gasteiger partial charge is 0.309 e. The zero-order valence-corrected chi connectivity index (χ0v) is 37.5. The Balaban J connectivity index is 1.17. The van der Waals surface area contributed by atoms with Crippen LogP contribution >= 0.6 is 11.3 Å². The minimum atomic E-state index is -3.23. The Morgan fingerprint density at radius 2 is 0.855 bits per heavy atom. The number of aromatic nitrogens is 4. The molecule has 0 aliphatic rings. The fourth-order valence-electron chi connectivity index (χ4n) is 9.07. The van der Waals surface area contributed by atoms with Gasteiger partial charge in [-0.1, -0.05) is 212 Å². The third-order valence-corrected chi connectivity index (χ3v) is 17.8. The number of rotatable bonds is 9. The Bertz CT molecular complexity index is 5210. The van der Waals surface area contributed by atoms with E-state index in [-0.39, 0.29) is 31.6 Å². The van der Waals surface area contributed by atoms with E-state index < -0.39 is 208 Å². The highest BCUT2D eigenvalue weighted by Crippen LogP contribution is 2.41. The van der Waals surface area contributed by atoms with Gasteiger partial charge in [0.2, 0.25) is 0 Å². The van der Waals surface area contributed by atoms with Gasteiger partial charge in [0.1, 0.15) is 0 Å². The lowest BCUT2D eigenvalue weighted by Gasteiger charge is -2.34. The van der Waals surface area contributed by atoms with Crippen molar-refractivity contribution in [2.45, 2.75) is 0 Å². The highest BCUT2D eigenvalue weighted by atomic mass is 32.1. The second-order valence-electron chi connectivity index (χ2n) is 15.7. The van der Waals surface area contributed by atoms with Gasteiger partial charge in [-0.3, -0.25) is 0 Å². The van der Waals surface area contributed by atoms with Gasteiger partial charge in [0.05, 0.1) is 48.2 Å². The monoisotopic (exact) mass is 937 g/mol. The molecule has 13 rings (SSSR count). The van der Waals surface area contributed by atoms with Gasteiger partial charge in [-0.15, -0.1) is 11.3 Å². The summed E-state index contributed by atoms with van der Waals surface area (Å²) in [6.07, 6.45) is 0. The highest BCUT2D eigenvalue weighted by Gasteiger charge is 2.41. The van der Waals surface area contributed by atoms with Crippen LogP contribution in [0.4, 0.5) is 0 Å². The van der Waals surface area contributed by atoms with Crippen molar-refractivity contribution in [1.82, 2.24) is 19.5 Å². The van der Waals surface area contributed by atoms with Crippen LogP contribution in [0.1, 0.15) is 31.5 Å². The Labute approximate surface area is 437 Å². The zero-order valence-electron chi connectivity index (χ0n) is 58.7. The third-order valence-electron chi connectivity index (χ3n) is 12.0. The Hall–Kier alpha value is -8.55. The summed E-state index contributed by atoms with van der Waals surface area (Å²) in [5.74, 6) is -1.64. The fraction of sp³-hybridized carbons (Fsp3) is 0. The van der Waals surface area contributed by atoms with Crippen LogP contribution in [-0.2, 0) is 0 Å². The summed E-state index contributed by atoms with van der Waals surface area (Å²) in [5, 5.41) is 2.66. The summed E-state index contributed by atoms with van der Waals surface area (Å²) in [6, 6.07) is 19.2. The molecule has 0 saturated carbocycles. The average molecular weight is 938 g/mol. The van der Waals surface area contributed by atoms with E-state index in [1.165, 1.54) is 0 Å². The maximum atomic E-state index is 10.1. The van der Waals surface area contributed by atoms with Crippen LogP contribution in [-0.4, -0.2) is 27.6 Å². The smallest absolute Gasteiger partial charge is 0.179 e. The standard InChI is InChI=1S/C63H42N4SSi/c1-4-22-46(23-5-1)69(47-24-6-2-7-25-47,48-26-8-3-9-27-48)49-40-38-43(39-41-49)61-64-62(45-21-18-20-44(42-45)50-32-19-37-59-60(50)54-31-13-17-36-58(54)68-59)66-63(65-61)53-30-12-16-35-57(53)67-55-33-14-10-28-51(55)52-29-11-15-34-56(52)67/h1-42H/i10D,11D,12D,13D,14D,15D,16D,17D,18D,19D,20D,21D,28D,29D,30D,31D,32D,33D,34D,35D,36D,37D,42D. The van der Waals surface area contributed by atoms with Gasteiger partial charge in [0, 0.05) is 47.6 Å². The van der Waals surface area contributed by atoms with E-state index in [1.807, 2.05) is 66.7 Å². The van der Waals surface area contributed by atoms with Gasteiger partial charge >= 0.3 is 0 Å². The van der Waals surface area contributed by atoms with Crippen LogP contribution in [0.3, 0.4) is 0 Å². The molecule has 69 heavy (non-hydrogen) atoms. The molecule has 3 aromatic heterocycles. The first kappa shape index (κ1) is 23.4. The molecular formula is C63H42N4SSi. The molecular weight excluding hydrogens is 873 g/mol. The normalized spacial score (nSPS) is 16.4. The first-order valence-electron chi connectivity index (χ1n) is 33.0. The minimum absolute atomic E-state index is 0.0705. The fourth-order valence-corrected chi connectivity index (χ4v) is 14.8. The van der Waals surface area contributed by atoms with Crippen molar-refractivity contribution < 1.29 is 31.5 Å². The lowest BCUT2D eigenvalue weighted by molar-refractivity contribution is 1.06. The lowest BCUT2D eigenvalue weighted by atomic mass is 9.98. The topological polar surface area (TPSA) is 43.6 Å². The molecule has 10 aromatic carbocycles.